The minimum atomic E-state index is 0.121. The van der Waals surface area contributed by atoms with E-state index in [1.165, 1.54) is 0 Å². The van der Waals surface area contributed by atoms with E-state index in [4.69, 9.17) is 4.42 Å². The van der Waals surface area contributed by atoms with Crippen LogP contribution in [-0.4, -0.2) is 0 Å². The third-order valence-corrected chi connectivity index (χ3v) is 2.75. The molecule has 0 saturated heterocycles. The molecule has 0 spiro atoms. The summed E-state index contributed by atoms with van der Waals surface area (Å²) in [6.07, 6.45) is 5.65. The van der Waals surface area contributed by atoms with Gasteiger partial charge < -0.3 is 4.42 Å². The zero-order valence-electron chi connectivity index (χ0n) is 8.19. The second kappa shape index (κ2) is 3.09. The van der Waals surface area contributed by atoms with Crippen LogP contribution in [0.15, 0.2) is 39.6 Å². The van der Waals surface area contributed by atoms with Gasteiger partial charge in [0.1, 0.15) is 11.3 Å². The Labute approximate surface area is 86.8 Å². The van der Waals surface area contributed by atoms with E-state index < -0.39 is 0 Å². The number of rotatable bonds is 0. The average molecular weight is 198 g/mol. The molecule has 0 atom stereocenters. The van der Waals surface area contributed by atoms with Crippen molar-refractivity contribution < 1.29 is 4.42 Å². The van der Waals surface area contributed by atoms with Gasteiger partial charge in [-0.05, 0) is 31.1 Å². The monoisotopic (exact) mass is 198 g/mol. The Morgan fingerprint density at radius 1 is 1.20 bits per heavy atom. The lowest BCUT2D eigenvalue weighted by molar-refractivity contribution is 0.576. The lowest BCUT2D eigenvalue weighted by Crippen LogP contribution is -2.12. The van der Waals surface area contributed by atoms with Crippen molar-refractivity contribution in [2.24, 2.45) is 0 Å². The van der Waals surface area contributed by atoms with Crippen molar-refractivity contribution in [3.8, 4) is 0 Å². The molecule has 1 aliphatic rings. The molecule has 0 radical (unpaired) electrons. The van der Waals surface area contributed by atoms with Crippen LogP contribution in [0.5, 0.6) is 0 Å². The highest BCUT2D eigenvalue weighted by Crippen LogP contribution is 2.20. The molecule has 1 heterocycles. The maximum absolute atomic E-state index is 12.1. The smallest absolute Gasteiger partial charge is 0.196 e. The van der Waals surface area contributed by atoms with Crippen LogP contribution in [0.3, 0.4) is 0 Å². The Morgan fingerprint density at radius 2 is 2.07 bits per heavy atom. The summed E-state index contributed by atoms with van der Waals surface area (Å²) in [6.45, 7) is 0. The van der Waals surface area contributed by atoms with Crippen molar-refractivity contribution in [3.63, 3.8) is 0 Å². The topological polar surface area (TPSA) is 30.2 Å². The molecule has 2 heteroatoms. The Morgan fingerprint density at radius 3 is 3.00 bits per heavy atom. The highest BCUT2D eigenvalue weighted by molar-refractivity contribution is 5.78. The van der Waals surface area contributed by atoms with E-state index in [1.54, 1.807) is 0 Å². The predicted octanol–water partition coefficient (Wildman–Crippen LogP) is 2.75. The molecular formula is C13H10O2. The molecule has 0 aliphatic heterocycles. The summed E-state index contributed by atoms with van der Waals surface area (Å²) in [5.74, 6) is 0.727. The van der Waals surface area contributed by atoms with Gasteiger partial charge in [-0.3, -0.25) is 4.79 Å². The molecule has 1 aliphatic carbocycles. The first-order valence-corrected chi connectivity index (χ1v) is 5.07. The summed E-state index contributed by atoms with van der Waals surface area (Å²) in [4.78, 5) is 12.1. The summed E-state index contributed by atoms with van der Waals surface area (Å²) in [7, 11) is 0. The molecule has 0 amide bonds. The minimum Gasteiger partial charge on any atom is -0.456 e. The third kappa shape index (κ3) is 1.22. The van der Waals surface area contributed by atoms with Gasteiger partial charge in [0.25, 0.3) is 0 Å². The summed E-state index contributed by atoms with van der Waals surface area (Å²) in [6, 6.07) is 7.40. The quantitative estimate of drug-likeness (QED) is 0.651. The fraction of sp³-hybridized carbons (Fsp3) is 0.154. The normalized spacial score (nSPS) is 14.1. The molecule has 74 valence electrons. The second-order valence-corrected chi connectivity index (χ2v) is 3.71. The minimum absolute atomic E-state index is 0.121. The highest BCUT2D eigenvalue weighted by Gasteiger charge is 2.13. The summed E-state index contributed by atoms with van der Waals surface area (Å²) in [5, 5.41) is 0.687. The Bertz CT molecular complexity index is 605. The van der Waals surface area contributed by atoms with Crippen LogP contribution in [0, 0.1) is 0 Å². The number of benzene rings is 1. The summed E-state index contributed by atoms with van der Waals surface area (Å²) in [5.41, 5.74) is 1.61. The van der Waals surface area contributed by atoms with E-state index >= 15 is 0 Å². The van der Waals surface area contributed by atoms with Gasteiger partial charge in [0.2, 0.25) is 0 Å². The fourth-order valence-corrected chi connectivity index (χ4v) is 1.99. The maximum Gasteiger partial charge on any atom is 0.196 e. The number of hydrogen-bond acceptors (Lipinski definition) is 2. The maximum atomic E-state index is 12.1. The van der Waals surface area contributed by atoms with Crippen molar-refractivity contribution in [3.05, 3.63) is 51.9 Å². The Kier molecular flexibility index (Phi) is 1.75. The molecule has 0 fully saturated rings. The largest absolute Gasteiger partial charge is 0.456 e. The van der Waals surface area contributed by atoms with E-state index in [-0.39, 0.29) is 5.43 Å². The summed E-state index contributed by atoms with van der Waals surface area (Å²) >= 11 is 0. The number of hydrogen-bond donors (Lipinski definition) is 0. The molecule has 0 saturated carbocycles. The molecule has 0 unspecified atom stereocenters. The number of para-hydroxylation sites is 1. The molecule has 1 aromatic carbocycles. The Balaban J connectivity index is 2.48. The second-order valence-electron chi connectivity index (χ2n) is 3.71. The van der Waals surface area contributed by atoms with Gasteiger partial charge in [0.15, 0.2) is 5.43 Å². The molecule has 2 aromatic rings. The number of fused-ring (bicyclic) bond motifs is 2. The first kappa shape index (κ1) is 8.48. The van der Waals surface area contributed by atoms with Crippen LogP contribution in [0.4, 0.5) is 0 Å². The predicted molar refractivity (Wildman–Crippen MR) is 59.8 cm³/mol. The first-order valence-electron chi connectivity index (χ1n) is 5.07. The van der Waals surface area contributed by atoms with Crippen LogP contribution in [-0.2, 0) is 6.42 Å². The van der Waals surface area contributed by atoms with Gasteiger partial charge in [-0.25, -0.2) is 0 Å². The van der Waals surface area contributed by atoms with Crippen molar-refractivity contribution in [1.82, 2.24) is 0 Å². The Hall–Kier alpha value is -1.83. The first-order chi connectivity index (χ1) is 7.36. The zero-order valence-corrected chi connectivity index (χ0v) is 8.19. The van der Waals surface area contributed by atoms with Gasteiger partial charge in [0, 0.05) is 5.56 Å². The van der Waals surface area contributed by atoms with Gasteiger partial charge in [0.05, 0.1) is 5.39 Å². The molecule has 3 rings (SSSR count). The average Bonchev–Trinajstić information content (AvgIpc) is 2.30. The van der Waals surface area contributed by atoms with Crippen LogP contribution in [0.1, 0.15) is 17.7 Å². The van der Waals surface area contributed by atoms with Crippen LogP contribution in [0.25, 0.3) is 17.0 Å². The number of allylic oxidation sites excluding steroid dienone is 1. The van der Waals surface area contributed by atoms with Crippen molar-refractivity contribution in [1.29, 1.82) is 0 Å². The molecule has 0 N–H and O–H groups in total. The third-order valence-electron chi connectivity index (χ3n) is 2.75. The summed E-state index contributed by atoms with van der Waals surface area (Å²) < 4.78 is 5.68. The molecule has 0 bridgehead atoms. The van der Waals surface area contributed by atoms with Crippen molar-refractivity contribution in [2.75, 3.05) is 0 Å². The highest BCUT2D eigenvalue weighted by atomic mass is 16.3. The van der Waals surface area contributed by atoms with Gasteiger partial charge in [-0.2, -0.15) is 0 Å². The molecular weight excluding hydrogens is 188 g/mol. The lowest BCUT2D eigenvalue weighted by Gasteiger charge is -2.09. The zero-order chi connectivity index (χ0) is 10.3. The van der Waals surface area contributed by atoms with Gasteiger partial charge >= 0.3 is 0 Å². The van der Waals surface area contributed by atoms with E-state index in [0.717, 1.165) is 24.2 Å². The molecule has 2 nitrogen and oxygen atoms in total. The van der Waals surface area contributed by atoms with Crippen LogP contribution >= 0.6 is 0 Å². The SMILES string of the molecule is O=c1c2c(oc3ccccc13)C=CCC2. The van der Waals surface area contributed by atoms with E-state index in [1.807, 2.05) is 36.4 Å². The molecule has 15 heavy (non-hydrogen) atoms. The fourth-order valence-electron chi connectivity index (χ4n) is 1.99. The molecule has 1 aromatic heterocycles. The van der Waals surface area contributed by atoms with Gasteiger partial charge in [-0.1, -0.05) is 18.2 Å². The van der Waals surface area contributed by atoms with Crippen molar-refractivity contribution >= 4 is 17.0 Å². The van der Waals surface area contributed by atoms with Gasteiger partial charge in [-0.15, -0.1) is 0 Å². The van der Waals surface area contributed by atoms with E-state index in [9.17, 15) is 4.79 Å². The van der Waals surface area contributed by atoms with Crippen LogP contribution < -0.4 is 5.43 Å². The van der Waals surface area contributed by atoms with Crippen LogP contribution in [0.2, 0.25) is 0 Å². The van der Waals surface area contributed by atoms with E-state index in [2.05, 4.69) is 0 Å². The lowest BCUT2D eigenvalue weighted by atomic mass is 10.0. The van der Waals surface area contributed by atoms with E-state index in [0.29, 0.717) is 11.0 Å². The standard InChI is InChI=1S/C13H10O2/c14-13-9-5-1-3-7-11(9)15-12-8-4-2-6-10(12)13/h1,3-5,7-8H,2,6H2. The van der Waals surface area contributed by atoms with Crippen molar-refractivity contribution in [2.45, 2.75) is 12.8 Å².